The van der Waals surface area contributed by atoms with Crippen molar-refractivity contribution >= 4 is 57.9 Å². The largest absolute Gasteiger partial charge is 0.494 e. The molecule has 0 radical (unpaired) electrons. The molecule has 3 aromatic rings. The molecule has 33 heavy (non-hydrogen) atoms. The van der Waals surface area contributed by atoms with Crippen molar-refractivity contribution in [1.82, 2.24) is 14.8 Å². The van der Waals surface area contributed by atoms with E-state index in [4.69, 9.17) is 21.4 Å². The lowest BCUT2D eigenvalue weighted by Crippen LogP contribution is -2.48. The molecule has 1 fully saturated rings. The van der Waals surface area contributed by atoms with Crippen LogP contribution in [0.2, 0.25) is 5.02 Å². The molecule has 2 aliphatic heterocycles. The summed E-state index contributed by atoms with van der Waals surface area (Å²) in [5.74, 6) is -0.135. The van der Waals surface area contributed by atoms with E-state index in [9.17, 15) is 9.90 Å². The molecule has 3 heterocycles. The predicted octanol–water partition coefficient (Wildman–Crippen LogP) is 3.58. The molecule has 0 bridgehead atoms. The Balaban J connectivity index is 0.00000259. The molecule has 0 atom stereocenters. The predicted molar refractivity (Wildman–Crippen MR) is 131 cm³/mol. The Hall–Kier alpha value is -3.07. The van der Waals surface area contributed by atoms with E-state index < -0.39 is 0 Å². The van der Waals surface area contributed by atoms with E-state index in [0.717, 1.165) is 29.6 Å². The average Bonchev–Trinajstić information content (AvgIpc) is 3.30. The molecule has 2 N–H and O–H groups in total. The summed E-state index contributed by atoms with van der Waals surface area (Å²) in [6.45, 7) is 2.87. The molecule has 2 aromatic carbocycles. The number of oxime groups is 1. The maximum atomic E-state index is 12.5. The fraction of sp³-hybridized carbons (Fsp3) is 0.261. The number of hydrogen-bond donors (Lipinski definition) is 2. The highest BCUT2D eigenvalue weighted by atomic mass is 35.5. The lowest BCUT2D eigenvalue weighted by atomic mass is 10.0. The molecule has 172 valence electrons. The van der Waals surface area contributed by atoms with Crippen molar-refractivity contribution in [2.45, 2.75) is 0 Å². The number of amides is 1. The van der Waals surface area contributed by atoms with Crippen molar-refractivity contribution in [3.8, 4) is 5.88 Å². The summed E-state index contributed by atoms with van der Waals surface area (Å²) in [6.07, 6.45) is 0. The molecule has 0 spiro atoms. The molecule has 0 saturated carbocycles. The number of rotatable bonds is 4. The number of benzene rings is 2. The van der Waals surface area contributed by atoms with E-state index in [1.165, 1.54) is 0 Å². The molecule has 0 aliphatic carbocycles. The van der Waals surface area contributed by atoms with Crippen molar-refractivity contribution in [3.63, 3.8) is 0 Å². The number of H-pyrrole nitrogens is 1. The van der Waals surface area contributed by atoms with Gasteiger partial charge in [-0.25, -0.2) is 4.99 Å². The van der Waals surface area contributed by atoms with Crippen molar-refractivity contribution in [2.24, 2.45) is 10.1 Å². The number of aliphatic imine (C=N–C) groups is 1. The van der Waals surface area contributed by atoms with E-state index in [-0.39, 0.29) is 30.8 Å². The van der Waals surface area contributed by atoms with Gasteiger partial charge >= 0.3 is 0 Å². The number of carbonyl (C=O) groups excluding carboxylic acids is 1. The molecule has 0 unspecified atom stereocenters. The van der Waals surface area contributed by atoms with Crippen LogP contribution in [-0.4, -0.2) is 77.1 Å². The Bertz CT molecular complexity index is 1260. The van der Waals surface area contributed by atoms with Crippen LogP contribution in [0, 0.1) is 0 Å². The number of para-hydroxylation sites is 1. The SMILES string of the molecule is CN1CCN(C(=O)CO/N=C2/C(c3c(O)[nH]c4ccc(Cl)cc34)=Nc3ccccc32)CC1.Cl. The van der Waals surface area contributed by atoms with Crippen LogP contribution in [0.25, 0.3) is 10.9 Å². The highest BCUT2D eigenvalue weighted by Crippen LogP contribution is 2.36. The normalized spacial score (nSPS) is 17.1. The first-order valence-electron chi connectivity index (χ1n) is 10.4. The maximum absolute atomic E-state index is 12.5. The second-order valence-corrected chi connectivity index (χ2v) is 8.35. The van der Waals surface area contributed by atoms with Gasteiger partial charge in [-0.2, -0.15) is 0 Å². The fourth-order valence-electron chi connectivity index (χ4n) is 4.03. The van der Waals surface area contributed by atoms with Gasteiger partial charge in [0.15, 0.2) is 12.5 Å². The summed E-state index contributed by atoms with van der Waals surface area (Å²) < 4.78 is 0. The summed E-state index contributed by atoms with van der Waals surface area (Å²) in [5, 5.41) is 16.2. The summed E-state index contributed by atoms with van der Waals surface area (Å²) >= 11 is 6.20. The minimum Gasteiger partial charge on any atom is -0.494 e. The Morgan fingerprint density at radius 1 is 1.21 bits per heavy atom. The average molecular weight is 488 g/mol. The minimum absolute atomic E-state index is 0. The molecule has 1 amide bonds. The van der Waals surface area contributed by atoms with E-state index >= 15 is 0 Å². The van der Waals surface area contributed by atoms with Crippen LogP contribution in [0.1, 0.15) is 11.1 Å². The Labute approximate surface area is 201 Å². The van der Waals surface area contributed by atoms with Gasteiger partial charge in [0.2, 0.25) is 0 Å². The first-order valence-corrected chi connectivity index (χ1v) is 10.7. The molecular formula is C23H23Cl2N5O3. The van der Waals surface area contributed by atoms with Crippen molar-refractivity contribution in [3.05, 3.63) is 58.6 Å². The van der Waals surface area contributed by atoms with Crippen LogP contribution in [-0.2, 0) is 9.63 Å². The second kappa shape index (κ2) is 9.43. The fourth-order valence-corrected chi connectivity index (χ4v) is 4.20. The summed E-state index contributed by atoms with van der Waals surface area (Å²) in [4.78, 5) is 29.6. The van der Waals surface area contributed by atoms with E-state index in [1.54, 1.807) is 23.1 Å². The molecule has 2 aliphatic rings. The van der Waals surface area contributed by atoms with Gasteiger partial charge in [0.25, 0.3) is 5.91 Å². The van der Waals surface area contributed by atoms with Crippen molar-refractivity contribution in [2.75, 3.05) is 39.8 Å². The third-order valence-electron chi connectivity index (χ3n) is 5.79. The van der Waals surface area contributed by atoms with E-state index in [2.05, 4.69) is 15.0 Å². The highest BCUT2D eigenvalue weighted by Gasteiger charge is 2.29. The monoisotopic (exact) mass is 487 g/mol. The van der Waals surface area contributed by atoms with Crippen LogP contribution in [0.5, 0.6) is 5.88 Å². The standard InChI is InChI=1S/C23H22ClN5O3.ClH/c1-28-8-10-29(11-9-28)19(30)13-32-27-21-15-4-2-3-5-17(15)25-22(21)20-16-12-14(24)6-7-18(16)26-23(20)31;/h2-7,12,26,31H,8-11,13H2,1H3;1H/b27-21+;. The molecule has 1 aromatic heterocycles. The zero-order valence-electron chi connectivity index (χ0n) is 17.9. The first-order chi connectivity index (χ1) is 15.5. The van der Waals surface area contributed by atoms with Crippen LogP contribution in [0.4, 0.5) is 5.69 Å². The maximum Gasteiger partial charge on any atom is 0.263 e. The van der Waals surface area contributed by atoms with Gasteiger partial charge in [-0.05, 0) is 31.3 Å². The van der Waals surface area contributed by atoms with E-state index in [1.807, 2.05) is 31.3 Å². The van der Waals surface area contributed by atoms with Crippen LogP contribution >= 0.6 is 24.0 Å². The van der Waals surface area contributed by atoms with Gasteiger partial charge in [0.1, 0.15) is 11.4 Å². The lowest BCUT2D eigenvalue weighted by Gasteiger charge is -2.32. The number of piperazine rings is 1. The molecule has 8 nitrogen and oxygen atoms in total. The Kier molecular flexibility index (Phi) is 6.60. The third-order valence-corrected chi connectivity index (χ3v) is 6.03. The van der Waals surface area contributed by atoms with Crippen molar-refractivity contribution < 1.29 is 14.7 Å². The molecule has 5 rings (SSSR count). The van der Waals surface area contributed by atoms with Gasteiger partial charge in [0, 0.05) is 47.7 Å². The van der Waals surface area contributed by atoms with Crippen LogP contribution in [0.15, 0.2) is 52.6 Å². The number of halogens is 2. The van der Waals surface area contributed by atoms with Gasteiger partial charge in [-0.1, -0.05) is 35.0 Å². The quantitative estimate of drug-likeness (QED) is 0.550. The Morgan fingerprint density at radius 2 is 1.97 bits per heavy atom. The van der Waals surface area contributed by atoms with Gasteiger partial charge < -0.3 is 24.7 Å². The number of carbonyl (C=O) groups is 1. The number of nitrogens with zero attached hydrogens (tertiary/aromatic N) is 4. The first kappa shape index (κ1) is 23.1. The molecular weight excluding hydrogens is 465 g/mol. The smallest absolute Gasteiger partial charge is 0.263 e. The summed E-state index contributed by atoms with van der Waals surface area (Å²) in [7, 11) is 2.04. The summed E-state index contributed by atoms with van der Waals surface area (Å²) in [5.41, 5.74) is 3.63. The number of hydrogen-bond acceptors (Lipinski definition) is 6. The van der Waals surface area contributed by atoms with Gasteiger partial charge in [0.05, 0.1) is 11.3 Å². The number of likely N-dealkylation sites (N-methyl/N-ethyl adjacent to an activating group) is 1. The zero-order valence-corrected chi connectivity index (χ0v) is 19.5. The lowest BCUT2D eigenvalue weighted by molar-refractivity contribution is -0.137. The van der Waals surface area contributed by atoms with E-state index in [0.29, 0.717) is 40.8 Å². The number of aromatic amines is 1. The number of nitrogens with one attached hydrogen (secondary N) is 1. The second-order valence-electron chi connectivity index (χ2n) is 7.91. The van der Waals surface area contributed by atoms with Crippen molar-refractivity contribution in [1.29, 1.82) is 0 Å². The topological polar surface area (TPSA) is 93.5 Å². The van der Waals surface area contributed by atoms with Gasteiger partial charge in [-0.15, -0.1) is 12.4 Å². The molecule has 10 heteroatoms. The highest BCUT2D eigenvalue weighted by molar-refractivity contribution is 6.58. The Morgan fingerprint density at radius 3 is 2.76 bits per heavy atom. The summed E-state index contributed by atoms with van der Waals surface area (Å²) in [6, 6.07) is 12.8. The number of fused-ring (bicyclic) bond motifs is 2. The third kappa shape index (κ3) is 4.42. The molecule has 1 saturated heterocycles. The minimum atomic E-state index is -0.158. The zero-order chi connectivity index (χ0) is 22.2. The number of aromatic nitrogens is 1. The van der Waals surface area contributed by atoms with Gasteiger partial charge in [-0.3, -0.25) is 4.79 Å². The van der Waals surface area contributed by atoms with Crippen LogP contribution in [0.3, 0.4) is 0 Å². The number of aromatic hydroxyl groups is 1. The van der Waals surface area contributed by atoms with Crippen LogP contribution < -0.4 is 0 Å².